The van der Waals surface area contributed by atoms with Gasteiger partial charge in [0.1, 0.15) is 0 Å². The molecule has 1 aliphatic carbocycles. The van der Waals surface area contributed by atoms with E-state index in [0.29, 0.717) is 5.92 Å². The highest BCUT2D eigenvalue weighted by atomic mass is 15.1. The van der Waals surface area contributed by atoms with Crippen molar-refractivity contribution in [1.82, 2.24) is 4.90 Å². The molecule has 1 aromatic rings. The van der Waals surface area contributed by atoms with E-state index in [4.69, 9.17) is 5.73 Å². The van der Waals surface area contributed by atoms with Crippen LogP contribution in [0.25, 0.3) is 0 Å². The quantitative estimate of drug-likeness (QED) is 0.827. The maximum Gasteiger partial charge on any atom is 0.00506 e. The van der Waals surface area contributed by atoms with Crippen LogP contribution in [0.4, 0.5) is 0 Å². The van der Waals surface area contributed by atoms with Gasteiger partial charge < -0.3 is 10.6 Å². The Hall–Kier alpha value is -0.860. The number of hydrogen-bond donors (Lipinski definition) is 1. The Morgan fingerprint density at radius 3 is 2.76 bits per heavy atom. The van der Waals surface area contributed by atoms with Crippen molar-refractivity contribution in [2.24, 2.45) is 11.1 Å². The molecule has 0 saturated carbocycles. The van der Waals surface area contributed by atoms with Gasteiger partial charge in [-0.2, -0.15) is 0 Å². The van der Waals surface area contributed by atoms with Crippen LogP contribution in [0.2, 0.25) is 0 Å². The second-order valence-electron chi connectivity index (χ2n) is 7.39. The van der Waals surface area contributed by atoms with Gasteiger partial charge in [-0.05, 0) is 61.2 Å². The number of benzene rings is 1. The zero-order valence-electron chi connectivity index (χ0n) is 14.1. The second-order valence-corrected chi connectivity index (χ2v) is 7.39. The second kappa shape index (κ2) is 7.42. The summed E-state index contributed by atoms with van der Waals surface area (Å²) < 4.78 is 0. The molecular formula is C19H32N2. The molecule has 0 saturated heterocycles. The highest BCUT2D eigenvalue weighted by molar-refractivity contribution is 5.32. The minimum Gasteiger partial charge on any atom is -0.330 e. The Labute approximate surface area is 130 Å². The average molecular weight is 288 g/mol. The van der Waals surface area contributed by atoms with Crippen LogP contribution in [0.15, 0.2) is 24.3 Å². The van der Waals surface area contributed by atoms with Gasteiger partial charge in [0.15, 0.2) is 0 Å². The molecule has 0 aromatic heterocycles. The van der Waals surface area contributed by atoms with Crippen LogP contribution in [0.5, 0.6) is 0 Å². The Balaban J connectivity index is 2.07. The summed E-state index contributed by atoms with van der Waals surface area (Å²) in [6.07, 6.45) is 5.14. The van der Waals surface area contributed by atoms with Crippen LogP contribution in [-0.2, 0) is 6.42 Å². The average Bonchev–Trinajstić information content (AvgIpc) is 2.47. The van der Waals surface area contributed by atoms with E-state index in [-0.39, 0.29) is 5.41 Å². The van der Waals surface area contributed by atoms with Gasteiger partial charge in [0, 0.05) is 13.1 Å². The smallest absolute Gasteiger partial charge is 0.00506 e. The van der Waals surface area contributed by atoms with Crippen molar-refractivity contribution in [1.29, 1.82) is 0 Å². The number of nitrogens with two attached hydrogens (primary N) is 1. The van der Waals surface area contributed by atoms with Gasteiger partial charge >= 0.3 is 0 Å². The summed E-state index contributed by atoms with van der Waals surface area (Å²) in [5, 5.41) is 0. The van der Waals surface area contributed by atoms with E-state index in [2.05, 4.69) is 49.9 Å². The zero-order chi connectivity index (χ0) is 15.3. The lowest BCUT2D eigenvalue weighted by molar-refractivity contribution is 0.170. The van der Waals surface area contributed by atoms with Crippen molar-refractivity contribution in [3.63, 3.8) is 0 Å². The lowest BCUT2D eigenvalue weighted by Crippen LogP contribution is -2.41. The summed E-state index contributed by atoms with van der Waals surface area (Å²) in [6, 6.07) is 9.04. The first-order valence-electron chi connectivity index (χ1n) is 8.56. The molecule has 1 atom stereocenters. The summed E-state index contributed by atoms with van der Waals surface area (Å²) in [5.74, 6) is 0.704. The molecule has 1 unspecified atom stereocenters. The third-order valence-corrected chi connectivity index (χ3v) is 4.72. The molecule has 1 aliphatic rings. The third kappa shape index (κ3) is 4.55. The first-order valence-corrected chi connectivity index (χ1v) is 8.56. The van der Waals surface area contributed by atoms with Crippen LogP contribution in [0, 0.1) is 5.41 Å². The fourth-order valence-corrected chi connectivity index (χ4v) is 3.58. The molecule has 21 heavy (non-hydrogen) atoms. The number of nitrogens with zero attached hydrogens (tertiary/aromatic N) is 1. The van der Waals surface area contributed by atoms with Gasteiger partial charge in [-0.1, -0.05) is 45.0 Å². The predicted octanol–water partition coefficient (Wildman–Crippen LogP) is 3.80. The van der Waals surface area contributed by atoms with Crippen molar-refractivity contribution in [3.8, 4) is 0 Å². The van der Waals surface area contributed by atoms with Crippen LogP contribution in [-0.4, -0.2) is 31.1 Å². The predicted molar refractivity (Wildman–Crippen MR) is 91.7 cm³/mol. The Morgan fingerprint density at radius 1 is 1.29 bits per heavy atom. The third-order valence-electron chi connectivity index (χ3n) is 4.72. The molecule has 0 bridgehead atoms. The number of hydrogen-bond acceptors (Lipinski definition) is 2. The minimum absolute atomic E-state index is 0.212. The van der Waals surface area contributed by atoms with E-state index < -0.39 is 0 Å². The molecule has 0 amide bonds. The van der Waals surface area contributed by atoms with Crippen LogP contribution in [0.3, 0.4) is 0 Å². The van der Waals surface area contributed by atoms with Crippen molar-refractivity contribution >= 4 is 0 Å². The summed E-state index contributed by atoms with van der Waals surface area (Å²) in [5.41, 5.74) is 9.31. The molecule has 1 aromatic carbocycles. The van der Waals surface area contributed by atoms with Crippen molar-refractivity contribution in [2.75, 3.05) is 26.2 Å². The normalized spacial score (nSPS) is 18.8. The number of aryl methyl sites for hydroxylation is 1. The van der Waals surface area contributed by atoms with Crippen LogP contribution < -0.4 is 5.73 Å². The molecule has 0 radical (unpaired) electrons. The van der Waals surface area contributed by atoms with E-state index in [1.165, 1.54) is 38.8 Å². The Bertz CT molecular complexity index is 439. The fraction of sp³-hybridized carbons (Fsp3) is 0.684. The molecule has 0 fully saturated rings. The van der Waals surface area contributed by atoms with Crippen molar-refractivity contribution in [2.45, 2.75) is 52.4 Å². The first-order chi connectivity index (χ1) is 10.1. The van der Waals surface area contributed by atoms with Crippen molar-refractivity contribution in [3.05, 3.63) is 35.4 Å². The van der Waals surface area contributed by atoms with Crippen LogP contribution in [0.1, 0.15) is 57.1 Å². The van der Waals surface area contributed by atoms with E-state index in [9.17, 15) is 0 Å². The molecular weight excluding hydrogens is 256 g/mol. The molecule has 2 nitrogen and oxygen atoms in total. The highest BCUT2D eigenvalue weighted by Crippen LogP contribution is 2.32. The van der Waals surface area contributed by atoms with Crippen LogP contribution >= 0.6 is 0 Å². The number of fused-ring (bicyclic) bond motifs is 1. The maximum absolute atomic E-state index is 5.93. The lowest BCUT2D eigenvalue weighted by atomic mass is 9.82. The monoisotopic (exact) mass is 288 g/mol. The molecule has 2 heteroatoms. The van der Waals surface area contributed by atoms with E-state index in [1.54, 1.807) is 11.1 Å². The molecule has 118 valence electrons. The molecule has 0 aliphatic heterocycles. The van der Waals surface area contributed by atoms with Gasteiger partial charge in [-0.15, -0.1) is 0 Å². The van der Waals surface area contributed by atoms with E-state index in [1.807, 2.05) is 0 Å². The topological polar surface area (TPSA) is 29.3 Å². The molecule has 0 spiro atoms. The van der Waals surface area contributed by atoms with E-state index >= 15 is 0 Å². The summed E-state index contributed by atoms with van der Waals surface area (Å²) in [7, 11) is 0. The highest BCUT2D eigenvalue weighted by Gasteiger charge is 2.25. The van der Waals surface area contributed by atoms with E-state index in [0.717, 1.165) is 13.1 Å². The minimum atomic E-state index is 0.212. The fourth-order valence-electron chi connectivity index (χ4n) is 3.58. The summed E-state index contributed by atoms with van der Waals surface area (Å²) in [6.45, 7) is 11.1. The molecule has 0 heterocycles. The standard InChI is InChI=1S/C19H32N2/c1-4-12-21(15-19(2,3)14-20)13-17-10-7-9-16-8-5-6-11-18(16)17/h5-6,8,11,17H,4,7,9-10,12-15,20H2,1-3H3. The Kier molecular flexibility index (Phi) is 5.83. The first kappa shape index (κ1) is 16.5. The van der Waals surface area contributed by atoms with Gasteiger partial charge in [0.25, 0.3) is 0 Å². The van der Waals surface area contributed by atoms with Gasteiger partial charge in [0.05, 0.1) is 0 Å². The molecule has 2 rings (SSSR count). The molecule has 2 N–H and O–H groups in total. The van der Waals surface area contributed by atoms with Crippen molar-refractivity contribution < 1.29 is 0 Å². The SMILES string of the molecule is CCCN(CC1CCCc2ccccc21)CC(C)(C)CN. The van der Waals surface area contributed by atoms with Gasteiger partial charge in [0.2, 0.25) is 0 Å². The zero-order valence-corrected chi connectivity index (χ0v) is 14.1. The number of rotatable bonds is 7. The summed E-state index contributed by atoms with van der Waals surface area (Å²) >= 11 is 0. The lowest BCUT2D eigenvalue weighted by Gasteiger charge is -2.36. The maximum atomic E-state index is 5.93. The van der Waals surface area contributed by atoms with Gasteiger partial charge in [-0.25, -0.2) is 0 Å². The van der Waals surface area contributed by atoms with Gasteiger partial charge in [-0.3, -0.25) is 0 Å². The summed E-state index contributed by atoms with van der Waals surface area (Å²) in [4.78, 5) is 2.64. The largest absolute Gasteiger partial charge is 0.330 e. The Morgan fingerprint density at radius 2 is 2.05 bits per heavy atom.